The minimum atomic E-state index is 0.844. The smallest absolute Gasteiger partial charge is 0.0412 e. The fourth-order valence-corrected chi connectivity index (χ4v) is 2.80. The Morgan fingerprint density at radius 3 is 2.88 bits per heavy atom. The van der Waals surface area contributed by atoms with Crippen LogP contribution in [0.15, 0.2) is 24.3 Å². The Hall–Kier alpha value is -0.830. The molecule has 0 aromatic heterocycles. The molecule has 3 heteroatoms. The second kappa shape index (κ2) is 4.81. The molecule has 90 valence electrons. The van der Waals surface area contributed by atoms with Gasteiger partial charge in [-0.2, -0.15) is 0 Å². The third kappa shape index (κ3) is 2.39. The zero-order valence-electron chi connectivity index (χ0n) is 9.88. The Morgan fingerprint density at radius 2 is 2.06 bits per heavy atom. The molecule has 1 aliphatic carbocycles. The predicted molar refractivity (Wildman–Crippen MR) is 72.4 cm³/mol. The summed E-state index contributed by atoms with van der Waals surface area (Å²) in [4.78, 5) is 2.51. The van der Waals surface area contributed by atoms with E-state index in [1.54, 1.807) is 0 Å². The summed E-state index contributed by atoms with van der Waals surface area (Å²) in [6.07, 6.45) is 3.41. The van der Waals surface area contributed by atoms with E-state index in [0.717, 1.165) is 44.2 Å². The van der Waals surface area contributed by atoms with E-state index in [1.807, 2.05) is 6.07 Å². The Morgan fingerprint density at radius 1 is 1.24 bits per heavy atom. The number of fused-ring (bicyclic) bond motifs is 1. The topological polar surface area (TPSA) is 15.3 Å². The lowest BCUT2D eigenvalue weighted by atomic mass is 10.1. The van der Waals surface area contributed by atoms with Crippen molar-refractivity contribution in [1.29, 1.82) is 0 Å². The van der Waals surface area contributed by atoms with Crippen LogP contribution in [-0.4, -0.2) is 37.6 Å². The molecule has 2 nitrogen and oxygen atoms in total. The van der Waals surface area contributed by atoms with Crippen molar-refractivity contribution in [2.75, 3.05) is 32.7 Å². The van der Waals surface area contributed by atoms with E-state index in [-0.39, 0.29) is 0 Å². The van der Waals surface area contributed by atoms with Crippen LogP contribution in [0, 0.1) is 0 Å². The van der Waals surface area contributed by atoms with E-state index in [0.29, 0.717) is 0 Å². The molecule has 17 heavy (non-hydrogen) atoms. The highest BCUT2D eigenvalue weighted by molar-refractivity contribution is 6.30. The lowest BCUT2D eigenvalue weighted by Gasteiger charge is -2.27. The molecule has 1 aliphatic heterocycles. The summed E-state index contributed by atoms with van der Waals surface area (Å²) >= 11 is 6.08. The number of nitrogens with zero attached hydrogens (tertiary/aromatic N) is 1. The first-order valence-electron chi connectivity index (χ1n) is 6.24. The lowest BCUT2D eigenvalue weighted by molar-refractivity contribution is 0.268. The highest BCUT2D eigenvalue weighted by Gasteiger charge is 2.18. The average molecular weight is 249 g/mol. The molecule has 3 rings (SSSR count). The van der Waals surface area contributed by atoms with Gasteiger partial charge in [0.15, 0.2) is 0 Å². The van der Waals surface area contributed by atoms with E-state index in [2.05, 4.69) is 28.4 Å². The number of benzene rings is 1. The van der Waals surface area contributed by atoms with Crippen molar-refractivity contribution < 1.29 is 0 Å². The van der Waals surface area contributed by atoms with Crippen LogP contribution in [0.5, 0.6) is 0 Å². The van der Waals surface area contributed by atoms with Crippen LogP contribution in [0.4, 0.5) is 0 Å². The van der Waals surface area contributed by atoms with E-state index in [4.69, 9.17) is 11.6 Å². The first kappa shape index (κ1) is 11.3. The molecule has 1 saturated heterocycles. The average Bonchev–Trinajstić information content (AvgIpc) is 2.73. The first-order valence-corrected chi connectivity index (χ1v) is 6.61. The number of piperazine rings is 1. The largest absolute Gasteiger partial charge is 0.314 e. The third-order valence-corrected chi connectivity index (χ3v) is 3.82. The Labute approximate surface area is 107 Å². The molecule has 0 radical (unpaired) electrons. The summed E-state index contributed by atoms with van der Waals surface area (Å²) in [6.45, 7) is 5.57. The zero-order valence-corrected chi connectivity index (χ0v) is 10.6. The van der Waals surface area contributed by atoms with Gasteiger partial charge < -0.3 is 5.32 Å². The SMILES string of the molecule is Clc1ccc2c(c1)C(CN1CCNCC1)=CC2. The van der Waals surface area contributed by atoms with Crippen LogP contribution >= 0.6 is 11.6 Å². The van der Waals surface area contributed by atoms with Crippen LogP contribution in [0.3, 0.4) is 0 Å². The number of halogens is 1. The van der Waals surface area contributed by atoms with Gasteiger partial charge in [-0.25, -0.2) is 0 Å². The van der Waals surface area contributed by atoms with E-state index < -0.39 is 0 Å². The standard InChI is InChI=1S/C14H17ClN2/c15-13-4-3-11-1-2-12(14(11)9-13)10-17-7-5-16-6-8-17/h2-4,9,16H,1,5-8,10H2. The van der Waals surface area contributed by atoms with Gasteiger partial charge in [0.25, 0.3) is 0 Å². The van der Waals surface area contributed by atoms with Crippen LogP contribution in [0.25, 0.3) is 5.57 Å². The van der Waals surface area contributed by atoms with E-state index >= 15 is 0 Å². The molecule has 0 unspecified atom stereocenters. The van der Waals surface area contributed by atoms with Crippen molar-refractivity contribution in [3.63, 3.8) is 0 Å². The molecule has 1 fully saturated rings. The van der Waals surface area contributed by atoms with E-state index in [1.165, 1.54) is 16.7 Å². The zero-order chi connectivity index (χ0) is 11.7. The van der Waals surface area contributed by atoms with Gasteiger partial charge in [-0.1, -0.05) is 23.7 Å². The molecule has 1 N–H and O–H groups in total. The van der Waals surface area contributed by atoms with Crippen molar-refractivity contribution >= 4 is 17.2 Å². The first-order chi connectivity index (χ1) is 8.33. The van der Waals surface area contributed by atoms with Gasteiger partial charge in [-0.05, 0) is 35.3 Å². The molecule has 0 atom stereocenters. The summed E-state index contributed by atoms with van der Waals surface area (Å²) in [5, 5.41) is 4.23. The van der Waals surface area contributed by atoms with Gasteiger partial charge in [0.05, 0.1) is 0 Å². The molecular weight excluding hydrogens is 232 g/mol. The summed E-state index contributed by atoms with van der Waals surface area (Å²) in [5.41, 5.74) is 4.22. The van der Waals surface area contributed by atoms with Crippen LogP contribution in [0.2, 0.25) is 5.02 Å². The molecule has 1 aromatic carbocycles. The molecule has 2 aliphatic rings. The predicted octanol–water partition coefficient (Wildman–Crippen LogP) is 2.18. The second-order valence-corrected chi connectivity index (χ2v) is 5.20. The molecule has 1 heterocycles. The normalized spacial score (nSPS) is 20.2. The minimum Gasteiger partial charge on any atom is -0.314 e. The molecule has 1 aromatic rings. The van der Waals surface area contributed by atoms with Gasteiger partial charge in [0.2, 0.25) is 0 Å². The van der Waals surface area contributed by atoms with Crippen molar-refractivity contribution in [3.05, 3.63) is 40.4 Å². The number of hydrogen-bond acceptors (Lipinski definition) is 2. The maximum absolute atomic E-state index is 6.08. The van der Waals surface area contributed by atoms with Crippen LogP contribution < -0.4 is 5.32 Å². The monoisotopic (exact) mass is 248 g/mol. The maximum atomic E-state index is 6.08. The van der Waals surface area contributed by atoms with Gasteiger partial charge in [-0.3, -0.25) is 4.90 Å². The molecule has 0 bridgehead atoms. The summed E-state index contributed by atoms with van der Waals surface area (Å²) in [7, 11) is 0. The van der Waals surface area contributed by atoms with Crippen LogP contribution in [0.1, 0.15) is 11.1 Å². The van der Waals surface area contributed by atoms with E-state index in [9.17, 15) is 0 Å². The number of hydrogen-bond donors (Lipinski definition) is 1. The van der Waals surface area contributed by atoms with Crippen molar-refractivity contribution in [1.82, 2.24) is 10.2 Å². The maximum Gasteiger partial charge on any atom is 0.0412 e. The molecule has 0 amide bonds. The molecule has 0 spiro atoms. The van der Waals surface area contributed by atoms with Crippen molar-refractivity contribution in [3.8, 4) is 0 Å². The van der Waals surface area contributed by atoms with Crippen molar-refractivity contribution in [2.45, 2.75) is 6.42 Å². The van der Waals surface area contributed by atoms with Crippen molar-refractivity contribution in [2.24, 2.45) is 0 Å². The molecule has 0 saturated carbocycles. The van der Waals surface area contributed by atoms with Gasteiger partial charge >= 0.3 is 0 Å². The summed E-state index contributed by atoms with van der Waals surface area (Å²) in [5.74, 6) is 0. The fraction of sp³-hybridized carbons (Fsp3) is 0.429. The fourth-order valence-electron chi connectivity index (χ4n) is 2.63. The van der Waals surface area contributed by atoms with Crippen LogP contribution in [-0.2, 0) is 6.42 Å². The quantitative estimate of drug-likeness (QED) is 0.863. The highest BCUT2D eigenvalue weighted by atomic mass is 35.5. The Kier molecular flexibility index (Phi) is 3.19. The Bertz CT molecular complexity index is 448. The van der Waals surface area contributed by atoms with Gasteiger partial charge in [-0.15, -0.1) is 0 Å². The summed E-state index contributed by atoms with van der Waals surface area (Å²) in [6, 6.07) is 6.25. The Balaban J connectivity index is 1.76. The lowest BCUT2D eigenvalue weighted by Crippen LogP contribution is -2.43. The van der Waals surface area contributed by atoms with Gasteiger partial charge in [0, 0.05) is 37.7 Å². The number of nitrogens with one attached hydrogen (secondary N) is 1. The summed E-state index contributed by atoms with van der Waals surface area (Å²) < 4.78 is 0. The highest BCUT2D eigenvalue weighted by Crippen LogP contribution is 2.30. The second-order valence-electron chi connectivity index (χ2n) is 4.76. The van der Waals surface area contributed by atoms with Gasteiger partial charge in [0.1, 0.15) is 0 Å². The minimum absolute atomic E-state index is 0.844. The molecular formula is C14H17ClN2. The third-order valence-electron chi connectivity index (χ3n) is 3.59. The number of allylic oxidation sites excluding steroid dienone is 1. The number of rotatable bonds is 2.